The van der Waals surface area contributed by atoms with Gasteiger partial charge in [0.05, 0.1) is 6.61 Å². The van der Waals surface area contributed by atoms with Gasteiger partial charge in [0.2, 0.25) is 0 Å². The summed E-state index contributed by atoms with van der Waals surface area (Å²) in [6.07, 6.45) is 12.8. The molecule has 0 aliphatic carbocycles. The van der Waals surface area contributed by atoms with Crippen molar-refractivity contribution in [1.82, 2.24) is 0 Å². The van der Waals surface area contributed by atoms with Crippen molar-refractivity contribution in [2.45, 2.75) is 109 Å². The topological polar surface area (TPSA) is 20.2 Å². The van der Waals surface area contributed by atoms with Crippen LogP contribution in [0, 0.1) is 0 Å². The number of aliphatic hydroxyl groups excluding tert-OH is 1. The Labute approximate surface area is 157 Å². The molecule has 5 heteroatoms. The molecule has 0 heterocycles. The number of alkyl halides is 3. The minimum Gasteiger partial charge on any atom is -0.396 e. The van der Waals surface area contributed by atoms with Crippen LogP contribution < -0.4 is 0 Å². The first-order chi connectivity index (χ1) is 12.1. The Morgan fingerprint density at radius 3 is 1.24 bits per heavy atom. The van der Waals surface area contributed by atoms with Gasteiger partial charge in [0, 0.05) is 12.2 Å². The van der Waals surface area contributed by atoms with Crippen LogP contribution in [-0.2, 0) is 0 Å². The first-order valence-electron chi connectivity index (χ1n) is 10.3. The second kappa shape index (κ2) is 18.9. The van der Waals surface area contributed by atoms with E-state index in [9.17, 15) is 13.2 Å². The normalized spacial score (nSPS) is 12.0. The highest BCUT2D eigenvalue weighted by atomic mass is 32.2. The number of aliphatic hydroxyl groups is 1. The van der Waals surface area contributed by atoms with E-state index in [1.54, 1.807) is 0 Å². The van der Waals surface area contributed by atoms with E-state index in [0.717, 1.165) is 25.0 Å². The van der Waals surface area contributed by atoms with Gasteiger partial charge in [0.15, 0.2) is 0 Å². The zero-order chi connectivity index (χ0) is 18.6. The Kier molecular flexibility index (Phi) is 19.0. The molecule has 0 radical (unpaired) electrons. The van der Waals surface area contributed by atoms with E-state index in [1.165, 1.54) is 76.4 Å². The minimum atomic E-state index is -3.97. The number of hydrogen-bond acceptors (Lipinski definition) is 2. The lowest BCUT2D eigenvalue weighted by Gasteiger charge is -2.05. The third kappa shape index (κ3) is 24.1. The van der Waals surface area contributed by atoms with Crippen LogP contribution in [0.1, 0.15) is 103 Å². The average molecular weight is 385 g/mol. The van der Waals surface area contributed by atoms with E-state index in [4.69, 9.17) is 5.11 Å². The van der Waals surface area contributed by atoms with E-state index in [2.05, 4.69) is 0 Å². The third-order valence-electron chi connectivity index (χ3n) is 4.48. The summed E-state index contributed by atoms with van der Waals surface area (Å²) in [5, 5.41) is 8.67. The molecular formula is C20H39F3OS. The Bertz CT molecular complexity index is 260. The standard InChI is InChI=1S/C20H39F3OS/c21-20(22,23)16-14-12-10-8-6-4-2-1-3-5-7-9-11-13-15-18-25-19-17-24/h24H,1-19H2. The highest BCUT2D eigenvalue weighted by Gasteiger charge is 2.25. The zero-order valence-electron chi connectivity index (χ0n) is 15.9. The summed E-state index contributed by atoms with van der Waals surface area (Å²) in [5.74, 6) is 2.06. The summed E-state index contributed by atoms with van der Waals surface area (Å²) in [6, 6.07) is 0. The second-order valence-corrected chi connectivity index (χ2v) is 8.23. The summed E-state index contributed by atoms with van der Waals surface area (Å²) < 4.78 is 35.9. The number of rotatable bonds is 19. The average Bonchev–Trinajstić information content (AvgIpc) is 2.56. The van der Waals surface area contributed by atoms with Gasteiger partial charge < -0.3 is 5.11 Å². The van der Waals surface area contributed by atoms with Gasteiger partial charge in [-0.3, -0.25) is 0 Å². The molecule has 0 aliphatic rings. The fraction of sp³-hybridized carbons (Fsp3) is 1.00. The summed E-state index contributed by atoms with van der Waals surface area (Å²) in [4.78, 5) is 0. The molecule has 0 fully saturated rings. The third-order valence-corrected chi connectivity index (χ3v) is 5.53. The number of hydrogen-bond donors (Lipinski definition) is 1. The maximum Gasteiger partial charge on any atom is 0.389 e. The smallest absolute Gasteiger partial charge is 0.389 e. The molecule has 152 valence electrons. The summed E-state index contributed by atoms with van der Waals surface area (Å²) in [6.45, 7) is 0.298. The fourth-order valence-corrected chi connectivity index (χ4v) is 3.74. The lowest BCUT2D eigenvalue weighted by molar-refractivity contribution is -0.135. The molecule has 0 atom stereocenters. The number of thioether (sulfide) groups is 1. The van der Waals surface area contributed by atoms with Crippen molar-refractivity contribution in [1.29, 1.82) is 0 Å². The first kappa shape index (κ1) is 25.1. The highest BCUT2D eigenvalue weighted by Crippen LogP contribution is 2.23. The predicted octanol–water partition coefficient (Wildman–Crippen LogP) is 7.52. The molecule has 0 amide bonds. The Hall–Kier alpha value is 0.100. The quantitative estimate of drug-likeness (QED) is 0.232. The van der Waals surface area contributed by atoms with Crippen molar-refractivity contribution in [3.63, 3.8) is 0 Å². The maximum atomic E-state index is 12.0. The molecule has 0 aromatic carbocycles. The van der Waals surface area contributed by atoms with Crippen LogP contribution >= 0.6 is 11.8 Å². The van der Waals surface area contributed by atoms with E-state index in [0.29, 0.717) is 13.0 Å². The van der Waals surface area contributed by atoms with Gasteiger partial charge in [-0.2, -0.15) is 24.9 Å². The van der Waals surface area contributed by atoms with Gasteiger partial charge in [-0.15, -0.1) is 0 Å². The molecular weight excluding hydrogens is 345 g/mol. The van der Waals surface area contributed by atoms with Gasteiger partial charge in [-0.25, -0.2) is 0 Å². The molecule has 0 aliphatic heterocycles. The number of unbranched alkanes of at least 4 members (excludes halogenated alkanes) is 14. The van der Waals surface area contributed by atoms with Crippen LogP contribution in [-0.4, -0.2) is 29.4 Å². The summed E-state index contributed by atoms with van der Waals surface area (Å²) >= 11 is 1.85. The monoisotopic (exact) mass is 384 g/mol. The van der Waals surface area contributed by atoms with Crippen LogP contribution in [0.25, 0.3) is 0 Å². The summed E-state index contributed by atoms with van der Waals surface area (Å²) in [7, 11) is 0. The van der Waals surface area contributed by atoms with Crippen molar-refractivity contribution in [2.24, 2.45) is 0 Å². The SMILES string of the molecule is OCCSCCCCCCCCCCCCCCCCCC(F)(F)F. The fourth-order valence-electron chi connectivity index (χ4n) is 2.99. The molecule has 0 unspecified atom stereocenters. The molecule has 0 aromatic heterocycles. The second-order valence-electron chi connectivity index (χ2n) is 7.00. The van der Waals surface area contributed by atoms with Gasteiger partial charge in [-0.05, 0) is 18.6 Å². The van der Waals surface area contributed by atoms with Crippen LogP contribution in [0.4, 0.5) is 13.2 Å². The predicted molar refractivity (Wildman–Crippen MR) is 104 cm³/mol. The van der Waals surface area contributed by atoms with E-state index in [1.807, 2.05) is 11.8 Å². The Balaban J connectivity index is 3.01. The molecule has 0 rings (SSSR count). The first-order valence-corrected chi connectivity index (χ1v) is 11.5. The van der Waals surface area contributed by atoms with Crippen LogP contribution in [0.3, 0.4) is 0 Å². The molecule has 1 nitrogen and oxygen atoms in total. The molecule has 0 bridgehead atoms. The maximum absolute atomic E-state index is 12.0. The van der Waals surface area contributed by atoms with Crippen LogP contribution in [0.2, 0.25) is 0 Å². The zero-order valence-corrected chi connectivity index (χ0v) is 16.7. The van der Waals surface area contributed by atoms with E-state index < -0.39 is 12.6 Å². The van der Waals surface area contributed by atoms with Gasteiger partial charge >= 0.3 is 6.18 Å². The van der Waals surface area contributed by atoms with E-state index in [-0.39, 0.29) is 0 Å². The lowest BCUT2D eigenvalue weighted by atomic mass is 10.0. The molecule has 0 saturated carbocycles. The van der Waals surface area contributed by atoms with Crippen molar-refractivity contribution in [2.75, 3.05) is 18.1 Å². The Morgan fingerprint density at radius 2 is 0.880 bits per heavy atom. The highest BCUT2D eigenvalue weighted by molar-refractivity contribution is 7.99. The van der Waals surface area contributed by atoms with Gasteiger partial charge in [0.25, 0.3) is 0 Å². The Morgan fingerprint density at radius 1 is 0.520 bits per heavy atom. The van der Waals surface area contributed by atoms with Crippen molar-refractivity contribution < 1.29 is 18.3 Å². The van der Waals surface area contributed by atoms with E-state index >= 15 is 0 Å². The summed E-state index contributed by atoms with van der Waals surface area (Å²) in [5.41, 5.74) is 0. The van der Waals surface area contributed by atoms with Crippen molar-refractivity contribution >= 4 is 11.8 Å². The van der Waals surface area contributed by atoms with Crippen LogP contribution in [0.5, 0.6) is 0 Å². The molecule has 25 heavy (non-hydrogen) atoms. The van der Waals surface area contributed by atoms with Crippen molar-refractivity contribution in [3.05, 3.63) is 0 Å². The molecule has 0 aromatic rings. The lowest BCUT2D eigenvalue weighted by Crippen LogP contribution is -2.06. The van der Waals surface area contributed by atoms with Crippen molar-refractivity contribution in [3.8, 4) is 0 Å². The number of halogens is 3. The van der Waals surface area contributed by atoms with Crippen LogP contribution in [0.15, 0.2) is 0 Å². The molecule has 0 spiro atoms. The largest absolute Gasteiger partial charge is 0.396 e. The molecule has 1 N–H and O–H groups in total. The minimum absolute atomic E-state index is 0.297. The molecule has 0 saturated heterocycles. The van der Waals surface area contributed by atoms with Gasteiger partial charge in [-0.1, -0.05) is 83.5 Å². The van der Waals surface area contributed by atoms with Gasteiger partial charge in [0.1, 0.15) is 0 Å².